The molecule has 0 bridgehead atoms. The summed E-state index contributed by atoms with van der Waals surface area (Å²) < 4.78 is 24.5. The molecule has 0 aliphatic carbocycles. The summed E-state index contributed by atoms with van der Waals surface area (Å²) in [6.45, 7) is 0.931. The molecule has 6 nitrogen and oxygen atoms in total. The fourth-order valence-electron chi connectivity index (χ4n) is 3.37. The van der Waals surface area contributed by atoms with E-state index in [1.807, 2.05) is 12.1 Å². The minimum absolute atomic E-state index is 0.0714. The van der Waals surface area contributed by atoms with Gasteiger partial charge in [-0.1, -0.05) is 23.7 Å². The number of carbonyl (C=O) groups excluding carboxylic acids is 2. The molecule has 0 radical (unpaired) electrons. The lowest BCUT2D eigenvalue weighted by Crippen LogP contribution is -2.31. The molecule has 0 saturated carbocycles. The van der Waals surface area contributed by atoms with Crippen LogP contribution in [0.4, 0.5) is 4.39 Å². The highest BCUT2D eigenvalue weighted by molar-refractivity contribution is 6.30. The molecule has 0 saturated heterocycles. The summed E-state index contributed by atoms with van der Waals surface area (Å²) in [6.07, 6.45) is 1.99. The van der Waals surface area contributed by atoms with E-state index in [9.17, 15) is 14.0 Å². The summed E-state index contributed by atoms with van der Waals surface area (Å²) in [7, 11) is 0. The van der Waals surface area contributed by atoms with Crippen LogP contribution in [0.15, 0.2) is 70.4 Å². The molecular formula is C23H18ClFN2O4. The van der Waals surface area contributed by atoms with Gasteiger partial charge in [0.2, 0.25) is 0 Å². The van der Waals surface area contributed by atoms with Gasteiger partial charge in [0.15, 0.2) is 12.4 Å². The monoisotopic (exact) mass is 440 g/mol. The van der Waals surface area contributed by atoms with E-state index in [4.69, 9.17) is 20.8 Å². The number of hydrogen-bond acceptors (Lipinski definition) is 5. The lowest BCUT2D eigenvalue weighted by atomic mass is 10.0. The van der Waals surface area contributed by atoms with Gasteiger partial charge in [-0.05, 0) is 55.0 Å². The van der Waals surface area contributed by atoms with Crippen LogP contribution in [0.1, 0.15) is 41.1 Å². The molecule has 1 aromatic heterocycles. The largest absolute Gasteiger partial charge is 0.483 e. The number of hydrogen-bond donors (Lipinski definition) is 0. The number of Topliss-reactive ketones (excluding diaryl/α,β-unsaturated/α-hetero) is 1. The molecule has 1 amide bonds. The molecule has 0 fully saturated rings. The maximum absolute atomic E-state index is 13.5. The quantitative estimate of drug-likeness (QED) is 0.504. The van der Waals surface area contributed by atoms with E-state index in [0.717, 1.165) is 11.6 Å². The maximum atomic E-state index is 13.5. The second-order valence-corrected chi connectivity index (χ2v) is 7.45. The van der Waals surface area contributed by atoms with Gasteiger partial charge >= 0.3 is 0 Å². The summed E-state index contributed by atoms with van der Waals surface area (Å²) in [4.78, 5) is 24.7. The van der Waals surface area contributed by atoms with Crippen LogP contribution in [-0.2, 0) is 4.79 Å². The first kappa shape index (κ1) is 20.8. The van der Waals surface area contributed by atoms with E-state index < -0.39 is 17.8 Å². The topological polar surface area (TPSA) is 72.1 Å². The molecule has 2 heterocycles. The lowest BCUT2D eigenvalue weighted by molar-refractivity contribution is -0.135. The fourth-order valence-corrected chi connectivity index (χ4v) is 3.49. The third-order valence-corrected chi connectivity index (χ3v) is 5.14. The number of nitrogens with zero attached hydrogens (tertiary/aromatic N) is 2. The maximum Gasteiger partial charge on any atom is 0.281 e. The average molecular weight is 441 g/mol. The van der Waals surface area contributed by atoms with Gasteiger partial charge in [-0.2, -0.15) is 5.10 Å². The number of benzene rings is 2. The second-order valence-electron chi connectivity index (χ2n) is 7.01. The number of rotatable bonds is 6. The van der Waals surface area contributed by atoms with Gasteiger partial charge in [-0.15, -0.1) is 0 Å². The van der Waals surface area contributed by atoms with Gasteiger partial charge in [-0.3, -0.25) is 9.59 Å². The van der Waals surface area contributed by atoms with Crippen molar-refractivity contribution in [2.75, 3.05) is 6.61 Å². The Morgan fingerprint density at radius 1 is 1.23 bits per heavy atom. The van der Waals surface area contributed by atoms with Crippen LogP contribution < -0.4 is 4.74 Å². The number of furan rings is 1. The van der Waals surface area contributed by atoms with Crippen LogP contribution in [-0.4, -0.2) is 29.0 Å². The van der Waals surface area contributed by atoms with Gasteiger partial charge in [-0.25, -0.2) is 9.40 Å². The first-order valence-electron chi connectivity index (χ1n) is 9.54. The molecule has 0 spiro atoms. The predicted molar refractivity (Wildman–Crippen MR) is 113 cm³/mol. The van der Waals surface area contributed by atoms with Crippen molar-refractivity contribution in [1.82, 2.24) is 5.01 Å². The van der Waals surface area contributed by atoms with Gasteiger partial charge in [0, 0.05) is 11.4 Å². The second kappa shape index (κ2) is 8.73. The van der Waals surface area contributed by atoms with E-state index in [1.165, 1.54) is 30.3 Å². The first-order valence-corrected chi connectivity index (χ1v) is 9.92. The first-order chi connectivity index (χ1) is 14.9. The molecule has 158 valence electrons. The number of ketones is 1. The Bertz CT molecular complexity index is 1140. The summed E-state index contributed by atoms with van der Waals surface area (Å²) in [5.41, 5.74) is 1.62. The molecule has 8 heteroatoms. The highest BCUT2D eigenvalue weighted by Gasteiger charge is 2.35. The molecule has 1 atom stereocenters. The Kier molecular flexibility index (Phi) is 5.86. The summed E-state index contributed by atoms with van der Waals surface area (Å²) >= 11 is 5.97. The molecule has 2 aromatic carbocycles. The molecule has 0 N–H and O–H groups in total. The van der Waals surface area contributed by atoms with Crippen LogP contribution >= 0.6 is 11.6 Å². The molecule has 1 aliphatic rings. The highest BCUT2D eigenvalue weighted by atomic mass is 35.5. The molecule has 4 rings (SSSR count). The van der Waals surface area contributed by atoms with Crippen molar-refractivity contribution in [2.45, 2.75) is 19.4 Å². The van der Waals surface area contributed by atoms with E-state index in [-0.39, 0.29) is 23.7 Å². The van der Waals surface area contributed by atoms with Crippen molar-refractivity contribution in [3.63, 3.8) is 0 Å². The van der Waals surface area contributed by atoms with Gasteiger partial charge in [0.25, 0.3) is 5.91 Å². The number of carbonyl (C=O) groups is 2. The van der Waals surface area contributed by atoms with Crippen LogP contribution in [0.25, 0.3) is 0 Å². The van der Waals surface area contributed by atoms with Crippen molar-refractivity contribution in [3.8, 4) is 5.75 Å². The third kappa shape index (κ3) is 4.51. The number of amides is 1. The van der Waals surface area contributed by atoms with Crippen LogP contribution in [0, 0.1) is 5.82 Å². The van der Waals surface area contributed by atoms with Gasteiger partial charge in [0.1, 0.15) is 23.4 Å². The van der Waals surface area contributed by atoms with Gasteiger partial charge < -0.3 is 9.15 Å². The van der Waals surface area contributed by atoms with E-state index in [2.05, 4.69) is 5.10 Å². The Balaban J connectivity index is 1.57. The molecule has 3 aromatic rings. The summed E-state index contributed by atoms with van der Waals surface area (Å²) in [5, 5.41) is 6.42. The molecule has 31 heavy (non-hydrogen) atoms. The SMILES string of the molecule is CC(=O)c1cc(F)ccc1OCC(=O)N1N=C(c2ccc(Cl)cc2)CC1c1ccco1. The van der Waals surface area contributed by atoms with E-state index in [1.54, 1.807) is 24.3 Å². The zero-order valence-electron chi connectivity index (χ0n) is 16.5. The number of ether oxygens (including phenoxy) is 1. The van der Waals surface area contributed by atoms with Crippen molar-refractivity contribution in [2.24, 2.45) is 5.10 Å². The number of halogens is 2. The zero-order chi connectivity index (χ0) is 22.0. The minimum Gasteiger partial charge on any atom is -0.483 e. The molecular weight excluding hydrogens is 423 g/mol. The van der Waals surface area contributed by atoms with Crippen molar-refractivity contribution in [1.29, 1.82) is 0 Å². The average Bonchev–Trinajstić information content (AvgIpc) is 3.43. The Labute approximate surface area is 182 Å². The molecule has 1 aliphatic heterocycles. The lowest BCUT2D eigenvalue weighted by Gasteiger charge is -2.20. The third-order valence-electron chi connectivity index (χ3n) is 4.89. The van der Waals surface area contributed by atoms with Crippen molar-refractivity contribution >= 4 is 29.0 Å². The smallest absolute Gasteiger partial charge is 0.281 e. The normalized spacial score (nSPS) is 15.6. The number of hydrazone groups is 1. The fraction of sp³-hybridized carbons (Fsp3) is 0.174. The molecule has 1 unspecified atom stereocenters. The highest BCUT2D eigenvalue weighted by Crippen LogP contribution is 2.33. The minimum atomic E-state index is -0.557. The van der Waals surface area contributed by atoms with Crippen molar-refractivity contribution in [3.05, 3.63) is 88.6 Å². The van der Waals surface area contributed by atoms with Crippen LogP contribution in [0.3, 0.4) is 0 Å². The standard InChI is InChI=1S/C23H18ClFN2O4/c1-14(28)18-11-17(25)8-9-21(18)31-13-23(29)27-20(22-3-2-10-30-22)12-19(26-27)15-4-6-16(24)7-5-15/h2-11,20H,12-13H2,1H3. The van der Waals surface area contributed by atoms with E-state index >= 15 is 0 Å². The zero-order valence-corrected chi connectivity index (χ0v) is 17.3. The van der Waals surface area contributed by atoms with Crippen LogP contribution in [0.5, 0.6) is 5.75 Å². The summed E-state index contributed by atoms with van der Waals surface area (Å²) in [5.74, 6) is -0.618. The Hall–Kier alpha value is -3.45. The summed E-state index contributed by atoms with van der Waals surface area (Å²) in [6, 6.07) is 13.9. The van der Waals surface area contributed by atoms with Crippen molar-refractivity contribution < 1.29 is 23.1 Å². The Morgan fingerprint density at radius 2 is 2.00 bits per heavy atom. The van der Waals surface area contributed by atoms with Crippen LogP contribution in [0.2, 0.25) is 5.02 Å². The van der Waals surface area contributed by atoms with Gasteiger partial charge in [0.05, 0.1) is 17.5 Å². The van der Waals surface area contributed by atoms with E-state index in [0.29, 0.717) is 22.9 Å². The Morgan fingerprint density at radius 3 is 2.68 bits per heavy atom. The predicted octanol–water partition coefficient (Wildman–Crippen LogP) is 5.03.